The number of aromatic nitrogens is 3. The minimum atomic E-state index is -5.01. The molecule has 6 nitrogen and oxygen atoms in total. The number of hydrogen-bond donors (Lipinski definition) is 0. The summed E-state index contributed by atoms with van der Waals surface area (Å²) in [6, 6.07) is 16.7. The average molecular weight is 610 g/mol. The second-order valence-corrected chi connectivity index (χ2v) is 10.3. The topological polar surface area (TPSA) is 54.3 Å². The Balaban J connectivity index is 1.79. The van der Waals surface area contributed by atoms with Crippen LogP contribution in [0.5, 0.6) is 0 Å². The van der Waals surface area contributed by atoms with Crippen LogP contribution in [0.3, 0.4) is 0 Å². The Labute approximate surface area is 243 Å². The van der Waals surface area contributed by atoms with Crippen molar-refractivity contribution >= 4 is 17.5 Å². The van der Waals surface area contributed by atoms with Crippen molar-refractivity contribution in [3.05, 3.63) is 106 Å². The highest BCUT2D eigenvalue weighted by Crippen LogP contribution is 2.37. The standard InChI is InChI=1S/C29H26ClF6N5O/c1-39(2)12-13-40(18-21-10-6-7-11-24(21)30)27(42)25-26(20-8-4-3-5-9-20)41(38-37-25)17-19-14-22(28(31,32)33)16-23(15-19)29(34,35)36/h3-11,14-16H,12-13,17-18H2,1-2H3. The molecular formula is C29H26ClF6N5O. The van der Waals surface area contributed by atoms with Gasteiger partial charge in [-0.15, -0.1) is 5.10 Å². The van der Waals surface area contributed by atoms with E-state index in [9.17, 15) is 31.1 Å². The van der Waals surface area contributed by atoms with E-state index >= 15 is 0 Å². The molecule has 0 aliphatic carbocycles. The van der Waals surface area contributed by atoms with Gasteiger partial charge in [-0.1, -0.05) is 65.3 Å². The van der Waals surface area contributed by atoms with Crippen molar-refractivity contribution in [1.82, 2.24) is 24.8 Å². The fraction of sp³-hybridized carbons (Fsp3) is 0.276. The molecular weight excluding hydrogens is 584 g/mol. The maximum absolute atomic E-state index is 14.0. The number of nitrogens with zero attached hydrogens (tertiary/aromatic N) is 5. The van der Waals surface area contributed by atoms with Gasteiger partial charge in [-0.05, 0) is 49.5 Å². The number of likely N-dealkylation sites (N-methyl/N-ethyl adjacent to an activating group) is 1. The van der Waals surface area contributed by atoms with Crippen LogP contribution in [0.15, 0.2) is 72.8 Å². The van der Waals surface area contributed by atoms with Crippen LogP contribution < -0.4 is 0 Å². The van der Waals surface area contributed by atoms with Crippen molar-refractivity contribution < 1.29 is 31.1 Å². The molecule has 0 saturated carbocycles. The number of halogens is 7. The summed E-state index contributed by atoms with van der Waals surface area (Å²) < 4.78 is 82.1. The predicted octanol–water partition coefficient (Wildman–Crippen LogP) is 6.89. The van der Waals surface area contributed by atoms with Gasteiger partial charge in [0, 0.05) is 30.2 Å². The Morgan fingerprint density at radius 2 is 1.45 bits per heavy atom. The van der Waals surface area contributed by atoms with E-state index in [-0.39, 0.29) is 36.1 Å². The van der Waals surface area contributed by atoms with Gasteiger partial charge in [0.05, 0.1) is 17.7 Å². The maximum Gasteiger partial charge on any atom is 0.416 e. The fourth-order valence-corrected chi connectivity index (χ4v) is 4.48. The summed E-state index contributed by atoms with van der Waals surface area (Å²) >= 11 is 6.35. The molecule has 0 saturated heterocycles. The quantitative estimate of drug-likeness (QED) is 0.194. The van der Waals surface area contributed by atoms with Crippen LogP contribution in [0.1, 0.15) is 32.7 Å². The minimum Gasteiger partial charge on any atom is -0.332 e. The number of benzene rings is 3. The molecule has 0 bridgehead atoms. The van der Waals surface area contributed by atoms with Crippen LogP contribution in [0.2, 0.25) is 5.02 Å². The van der Waals surface area contributed by atoms with E-state index in [0.29, 0.717) is 34.8 Å². The monoisotopic (exact) mass is 609 g/mol. The molecule has 1 amide bonds. The third-order valence-corrected chi connectivity index (χ3v) is 6.76. The second-order valence-electron chi connectivity index (χ2n) is 9.85. The minimum absolute atomic E-state index is 0.0647. The smallest absolute Gasteiger partial charge is 0.332 e. The molecule has 0 aliphatic heterocycles. The van der Waals surface area contributed by atoms with E-state index in [2.05, 4.69) is 10.3 Å². The van der Waals surface area contributed by atoms with Crippen molar-refractivity contribution in [3.63, 3.8) is 0 Å². The van der Waals surface area contributed by atoms with Gasteiger partial charge in [0.25, 0.3) is 5.91 Å². The molecule has 13 heteroatoms. The van der Waals surface area contributed by atoms with Crippen molar-refractivity contribution in [2.45, 2.75) is 25.4 Å². The number of carbonyl (C=O) groups is 1. The Morgan fingerprint density at radius 3 is 2.02 bits per heavy atom. The SMILES string of the molecule is CN(C)CCN(Cc1ccccc1Cl)C(=O)c1nnn(Cc2cc(C(F)(F)F)cc(C(F)(F)F)c2)c1-c1ccccc1. The molecule has 0 fully saturated rings. The summed E-state index contributed by atoms with van der Waals surface area (Å²) in [5, 5.41) is 8.54. The average Bonchev–Trinajstić information content (AvgIpc) is 3.34. The van der Waals surface area contributed by atoms with Gasteiger partial charge >= 0.3 is 12.4 Å². The summed E-state index contributed by atoms with van der Waals surface area (Å²) in [6.45, 7) is 0.409. The first-order valence-corrected chi connectivity index (χ1v) is 13.1. The lowest BCUT2D eigenvalue weighted by atomic mass is 10.0. The Morgan fingerprint density at radius 1 is 0.857 bits per heavy atom. The normalized spacial score (nSPS) is 12.1. The first kappa shape index (κ1) is 31.0. The molecule has 1 heterocycles. The van der Waals surface area contributed by atoms with E-state index in [4.69, 9.17) is 11.6 Å². The molecule has 42 heavy (non-hydrogen) atoms. The molecule has 0 unspecified atom stereocenters. The first-order valence-electron chi connectivity index (χ1n) is 12.7. The summed E-state index contributed by atoms with van der Waals surface area (Å²) in [4.78, 5) is 17.4. The zero-order valence-electron chi connectivity index (χ0n) is 22.5. The van der Waals surface area contributed by atoms with Gasteiger partial charge in [-0.25, -0.2) is 4.68 Å². The van der Waals surface area contributed by atoms with Crippen LogP contribution in [-0.2, 0) is 25.4 Å². The number of rotatable bonds is 9. The van der Waals surface area contributed by atoms with Crippen LogP contribution in [0.4, 0.5) is 26.3 Å². The van der Waals surface area contributed by atoms with E-state index in [1.807, 2.05) is 19.0 Å². The molecule has 222 valence electrons. The molecule has 0 spiro atoms. The third-order valence-electron chi connectivity index (χ3n) is 6.39. The third kappa shape index (κ3) is 7.48. The molecule has 0 radical (unpaired) electrons. The van der Waals surface area contributed by atoms with Gasteiger partial charge in [-0.2, -0.15) is 26.3 Å². The summed E-state index contributed by atoms with van der Waals surface area (Å²) in [7, 11) is 3.68. The molecule has 3 aromatic carbocycles. The van der Waals surface area contributed by atoms with E-state index < -0.39 is 35.9 Å². The van der Waals surface area contributed by atoms with Crippen molar-refractivity contribution in [2.75, 3.05) is 27.2 Å². The highest BCUT2D eigenvalue weighted by atomic mass is 35.5. The van der Waals surface area contributed by atoms with Crippen molar-refractivity contribution in [3.8, 4) is 11.3 Å². The van der Waals surface area contributed by atoms with Crippen LogP contribution in [-0.4, -0.2) is 57.9 Å². The van der Waals surface area contributed by atoms with Gasteiger partial charge in [0.15, 0.2) is 5.69 Å². The summed E-state index contributed by atoms with van der Waals surface area (Å²) in [5.41, 5.74) is -2.00. The van der Waals surface area contributed by atoms with Gasteiger partial charge in [-0.3, -0.25) is 4.79 Å². The van der Waals surface area contributed by atoms with E-state index in [1.165, 1.54) is 4.90 Å². The Hall–Kier alpha value is -3.90. The van der Waals surface area contributed by atoms with Gasteiger partial charge in [0.1, 0.15) is 5.69 Å². The van der Waals surface area contributed by atoms with E-state index in [0.717, 1.165) is 4.68 Å². The molecule has 4 aromatic rings. The number of hydrogen-bond acceptors (Lipinski definition) is 4. The molecule has 0 atom stereocenters. The zero-order valence-corrected chi connectivity index (χ0v) is 23.3. The zero-order chi connectivity index (χ0) is 30.7. The largest absolute Gasteiger partial charge is 0.416 e. The summed E-state index contributed by atoms with van der Waals surface area (Å²) in [5.74, 6) is -0.526. The summed E-state index contributed by atoms with van der Waals surface area (Å²) in [6.07, 6.45) is -10.0. The lowest BCUT2D eigenvalue weighted by molar-refractivity contribution is -0.143. The molecule has 0 aliphatic rings. The first-order chi connectivity index (χ1) is 19.7. The molecule has 0 N–H and O–H groups in total. The molecule has 4 rings (SSSR count). The van der Waals surface area contributed by atoms with Crippen LogP contribution in [0, 0.1) is 0 Å². The second kappa shape index (κ2) is 12.5. The fourth-order valence-electron chi connectivity index (χ4n) is 4.29. The highest BCUT2D eigenvalue weighted by molar-refractivity contribution is 6.31. The van der Waals surface area contributed by atoms with Crippen LogP contribution in [0.25, 0.3) is 11.3 Å². The van der Waals surface area contributed by atoms with Crippen LogP contribution >= 0.6 is 11.6 Å². The van der Waals surface area contributed by atoms with Gasteiger partial charge in [0.2, 0.25) is 0 Å². The number of alkyl halides is 6. The van der Waals surface area contributed by atoms with Crippen molar-refractivity contribution in [1.29, 1.82) is 0 Å². The number of amides is 1. The predicted molar refractivity (Wildman–Crippen MR) is 146 cm³/mol. The van der Waals surface area contributed by atoms with E-state index in [1.54, 1.807) is 54.6 Å². The lowest BCUT2D eigenvalue weighted by Gasteiger charge is -2.24. The highest BCUT2D eigenvalue weighted by Gasteiger charge is 2.37. The van der Waals surface area contributed by atoms with Crippen molar-refractivity contribution in [2.24, 2.45) is 0 Å². The lowest BCUT2D eigenvalue weighted by Crippen LogP contribution is -2.36. The molecule has 1 aromatic heterocycles. The number of carbonyl (C=O) groups excluding carboxylic acids is 1. The maximum atomic E-state index is 14.0. The van der Waals surface area contributed by atoms with Gasteiger partial charge < -0.3 is 9.80 Å². The Kier molecular flexibility index (Phi) is 9.27. The Bertz CT molecular complexity index is 1500.